The monoisotopic (exact) mass is 288 g/mol. The highest BCUT2D eigenvalue weighted by molar-refractivity contribution is 5.74. The van der Waals surface area contributed by atoms with Gasteiger partial charge in [-0.05, 0) is 57.6 Å². The van der Waals surface area contributed by atoms with Gasteiger partial charge in [0.15, 0.2) is 0 Å². The van der Waals surface area contributed by atoms with Crippen molar-refractivity contribution in [2.24, 2.45) is 5.92 Å². The van der Waals surface area contributed by atoms with Crippen molar-refractivity contribution in [3.63, 3.8) is 0 Å². The number of ether oxygens (including phenoxy) is 1. The Balaban J connectivity index is 1.88. The molecule has 3 rings (SSSR count). The molecular formula is C18H28N2O. The van der Waals surface area contributed by atoms with Crippen LogP contribution in [-0.2, 0) is 0 Å². The smallest absolute Gasteiger partial charge is 0.144 e. The number of nitrogen functional groups attached to an aromatic ring is 1. The number of piperidine rings is 1. The van der Waals surface area contributed by atoms with E-state index in [1.807, 2.05) is 19.9 Å². The SMILES string of the molecule is CC(C)Oc1cccc(N2CCC[C@H]3CCCC[C@H]32)c1N. The maximum Gasteiger partial charge on any atom is 0.144 e. The number of nitrogens with two attached hydrogens (primary N) is 1. The van der Waals surface area contributed by atoms with Crippen molar-refractivity contribution in [2.75, 3.05) is 17.2 Å². The molecule has 2 aliphatic rings. The van der Waals surface area contributed by atoms with Crippen LogP contribution in [0, 0.1) is 5.92 Å². The lowest BCUT2D eigenvalue weighted by Crippen LogP contribution is -2.47. The van der Waals surface area contributed by atoms with E-state index in [1.165, 1.54) is 44.2 Å². The summed E-state index contributed by atoms with van der Waals surface area (Å²) < 4.78 is 5.86. The highest BCUT2D eigenvalue weighted by Gasteiger charge is 2.34. The number of hydrogen-bond acceptors (Lipinski definition) is 3. The van der Waals surface area contributed by atoms with Gasteiger partial charge in [-0.25, -0.2) is 0 Å². The molecule has 0 spiro atoms. The van der Waals surface area contributed by atoms with Crippen LogP contribution < -0.4 is 15.4 Å². The summed E-state index contributed by atoms with van der Waals surface area (Å²) in [6.07, 6.45) is 8.31. The lowest BCUT2D eigenvalue weighted by molar-refractivity contribution is 0.240. The molecule has 2 atom stereocenters. The molecule has 116 valence electrons. The van der Waals surface area contributed by atoms with E-state index in [9.17, 15) is 0 Å². The van der Waals surface area contributed by atoms with Gasteiger partial charge in [0.2, 0.25) is 0 Å². The third-order valence-electron chi connectivity index (χ3n) is 4.96. The number of anilines is 2. The first kappa shape index (κ1) is 14.6. The van der Waals surface area contributed by atoms with E-state index in [4.69, 9.17) is 10.5 Å². The molecule has 0 amide bonds. The van der Waals surface area contributed by atoms with Crippen molar-refractivity contribution in [1.82, 2.24) is 0 Å². The average molecular weight is 288 g/mol. The first-order chi connectivity index (χ1) is 10.2. The van der Waals surface area contributed by atoms with E-state index in [-0.39, 0.29) is 6.10 Å². The third kappa shape index (κ3) is 2.97. The maximum absolute atomic E-state index is 6.42. The summed E-state index contributed by atoms with van der Waals surface area (Å²) >= 11 is 0. The van der Waals surface area contributed by atoms with Crippen LogP contribution in [0.4, 0.5) is 11.4 Å². The Morgan fingerprint density at radius 1 is 1.14 bits per heavy atom. The van der Waals surface area contributed by atoms with Crippen molar-refractivity contribution in [3.05, 3.63) is 18.2 Å². The highest BCUT2D eigenvalue weighted by Crippen LogP contribution is 2.41. The second-order valence-corrected chi connectivity index (χ2v) is 6.80. The van der Waals surface area contributed by atoms with Crippen molar-refractivity contribution in [1.29, 1.82) is 0 Å². The largest absolute Gasteiger partial charge is 0.489 e. The molecular weight excluding hydrogens is 260 g/mol. The second kappa shape index (κ2) is 6.17. The van der Waals surface area contributed by atoms with E-state index in [1.54, 1.807) is 0 Å². The molecule has 0 aromatic heterocycles. The first-order valence-corrected chi connectivity index (χ1v) is 8.48. The number of fused-ring (bicyclic) bond motifs is 1. The van der Waals surface area contributed by atoms with Crippen LogP contribution in [0.1, 0.15) is 52.4 Å². The molecule has 1 aliphatic heterocycles. The Bertz CT molecular complexity index is 484. The Morgan fingerprint density at radius 3 is 2.71 bits per heavy atom. The summed E-state index contributed by atoms with van der Waals surface area (Å²) in [4.78, 5) is 2.57. The summed E-state index contributed by atoms with van der Waals surface area (Å²) in [5.74, 6) is 1.70. The van der Waals surface area contributed by atoms with Crippen LogP contribution in [0.15, 0.2) is 18.2 Å². The average Bonchev–Trinajstić information content (AvgIpc) is 2.49. The fourth-order valence-electron chi connectivity index (χ4n) is 4.06. The molecule has 1 aliphatic carbocycles. The zero-order chi connectivity index (χ0) is 14.8. The molecule has 21 heavy (non-hydrogen) atoms. The third-order valence-corrected chi connectivity index (χ3v) is 4.96. The van der Waals surface area contributed by atoms with E-state index >= 15 is 0 Å². The van der Waals surface area contributed by atoms with E-state index in [2.05, 4.69) is 17.0 Å². The molecule has 1 saturated heterocycles. The molecule has 0 unspecified atom stereocenters. The van der Waals surface area contributed by atoms with Crippen molar-refractivity contribution in [3.8, 4) is 5.75 Å². The van der Waals surface area contributed by atoms with Gasteiger partial charge in [-0.2, -0.15) is 0 Å². The van der Waals surface area contributed by atoms with E-state index in [0.29, 0.717) is 6.04 Å². The first-order valence-electron chi connectivity index (χ1n) is 8.48. The molecule has 3 heteroatoms. The summed E-state index contributed by atoms with van der Waals surface area (Å²) in [5.41, 5.74) is 8.42. The van der Waals surface area contributed by atoms with Crippen LogP contribution in [0.25, 0.3) is 0 Å². The van der Waals surface area contributed by atoms with E-state index < -0.39 is 0 Å². The molecule has 0 radical (unpaired) electrons. The number of rotatable bonds is 3. The zero-order valence-electron chi connectivity index (χ0n) is 13.3. The van der Waals surface area contributed by atoms with Crippen LogP contribution in [0.2, 0.25) is 0 Å². The summed E-state index contributed by atoms with van der Waals surface area (Å²) in [6.45, 7) is 5.23. The molecule has 2 fully saturated rings. The van der Waals surface area contributed by atoms with Gasteiger partial charge in [-0.1, -0.05) is 18.9 Å². The molecule has 0 bridgehead atoms. The minimum atomic E-state index is 0.159. The lowest BCUT2D eigenvalue weighted by Gasteiger charge is -2.46. The maximum atomic E-state index is 6.42. The predicted octanol–water partition coefficient (Wildman–Crippen LogP) is 4.22. The number of nitrogens with zero attached hydrogens (tertiary/aromatic N) is 1. The van der Waals surface area contributed by atoms with Crippen LogP contribution in [0.5, 0.6) is 5.75 Å². The van der Waals surface area contributed by atoms with Crippen molar-refractivity contribution >= 4 is 11.4 Å². The van der Waals surface area contributed by atoms with E-state index in [0.717, 1.165) is 23.9 Å². The minimum Gasteiger partial charge on any atom is -0.489 e. The second-order valence-electron chi connectivity index (χ2n) is 6.80. The molecule has 1 saturated carbocycles. The Hall–Kier alpha value is -1.38. The van der Waals surface area contributed by atoms with Crippen molar-refractivity contribution < 1.29 is 4.74 Å². The Morgan fingerprint density at radius 2 is 1.90 bits per heavy atom. The van der Waals surface area contributed by atoms with Gasteiger partial charge < -0.3 is 15.4 Å². The highest BCUT2D eigenvalue weighted by atomic mass is 16.5. The predicted molar refractivity (Wildman–Crippen MR) is 88.9 cm³/mol. The molecule has 1 heterocycles. The van der Waals surface area contributed by atoms with Gasteiger partial charge in [0, 0.05) is 12.6 Å². The molecule has 1 aromatic carbocycles. The summed E-state index contributed by atoms with van der Waals surface area (Å²) in [6, 6.07) is 6.92. The Kier molecular flexibility index (Phi) is 4.27. The zero-order valence-corrected chi connectivity index (χ0v) is 13.3. The van der Waals surface area contributed by atoms with Gasteiger partial charge in [-0.15, -0.1) is 0 Å². The minimum absolute atomic E-state index is 0.159. The summed E-state index contributed by atoms with van der Waals surface area (Å²) in [5, 5.41) is 0. The van der Waals surface area contributed by atoms with Gasteiger partial charge in [0.1, 0.15) is 5.75 Å². The van der Waals surface area contributed by atoms with Gasteiger partial charge in [0.05, 0.1) is 17.5 Å². The number of para-hydroxylation sites is 1. The quantitative estimate of drug-likeness (QED) is 0.847. The van der Waals surface area contributed by atoms with Gasteiger partial charge >= 0.3 is 0 Å². The molecule has 1 aromatic rings. The fourth-order valence-corrected chi connectivity index (χ4v) is 4.06. The number of benzene rings is 1. The van der Waals surface area contributed by atoms with Crippen LogP contribution in [0.3, 0.4) is 0 Å². The standard InChI is InChI=1S/C18H28N2O/c1-13(2)21-17-11-5-10-16(18(17)19)20-12-6-8-14-7-3-4-9-15(14)20/h5,10-11,13-15H,3-4,6-9,12,19H2,1-2H3/t14-,15-/m1/s1. The molecule has 2 N–H and O–H groups in total. The topological polar surface area (TPSA) is 38.5 Å². The van der Waals surface area contributed by atoms with Crippen molar-refractivity contribution in [2.45, 2.75) is 64.5 Å². The number of hydrogen-bond donors (Lipinski definition) is 1. The summed E-state index contributed by atoms with van der Waals surface area (Å²) in [7, 11) is 0. The van der Waals surface area contributed by atoms with Gasteiger partial charge in [0.25, 0.3) is 0 Å². The normalized spacial score (nSPS) is 25.8. The Labute approximate surface area is 128 Å². The lowest BCUT2D eigenvalue weighted by atomic mass is 9.78. The van der Waals surface area contributed by atoms with Crippen LogP contribution >= 0.6 is 0 Å². The molecule has 3 nitrogen and oxygen atoms in total. The fraction of sp³-hybridized carbons (Fsp3) is 0.667. The van der Waals surface area contributed by atoms with Gasteiger partial charge in [-0.3, -0.25) is 0 Å². The van der Waals surface area contributed by atoms with Crippen LogP contribution in [-0.4, -0.2) is 18.7 Å².